The van der Waals surface area contributed by atoms with E-state index in [0.29, 0.717) is 31.5 Å². The Bertz CT molecular complexity index is 724. The maximum Gasteiger partial charge on any atom is 0.257 e. The molecule has 126 valence electrons. The van der Waals surface area contributed by atoms with Crippen LogP contribution in [-0.2, 0) is 9.53 Å². The smallest absolute Gasteiger partial charge is 0.257 e. The third-order valence-corrected chi connectivity index (χ3v) is 4.00. The number of hydrogen-bond acceptors (Lipinski definition) is 5. The van der Waals surface area contributed by atoms with E-state index in [2.05, 4.69) is 10.1 Å². The van der Waals surface area contributed by atoms with Crippen LogP contribution in [0.15, 0.2) is 46.5 Å². The standard InChI is InChI=1S/C18H21N3O3/c1-3-7-13(2)18(22)21-10-11-23-12-15(21)16-19-17(24-20-16)14-8-5-4-6-9-14/h4-9,15H,3,10-12H2,1-2H3. The van der Waals surface area contributed by atoms with Crippen LogP contribution in [0.2, 0.25) is 0 Å². The van der Waals surface area contributed by atoms with Gasteiger partial charge >= 0.3 is 0 Å². The summed E-state index contributed by atoms with van der Waals surface area (Å²) in [6, 6.07) is 9.25. The molecular weight excluding hydrogens is 306 g/mol. The second-order valence-electron chi connectivity index (χ2n) is 5.71. The Morgan fingerprint density at radius 3 is 2.92 bits per heavy atom. The van der Waals surface area contributed by atoms with Crippen LogP contribution in [0.5, 0.6) is 0 Å². The fourth-order valence-corrected chi connectivity index (χ4v) is 2.75. The second-order valence-corrected chi connectivity index (χ2v) is 5.71. The number of benzene rings is 1. The molecule has 1 aromatic heterocycles. The summed E-state index contributed by atoms with van der Waals surface area (Å²) in [7, 11) is 0. The van der Waals surface area contributed by atoms with Crippen molar-refractivity contribution in [1.82, 2.24) is 15.0 Å². The maximum absolute atomic E-state index is 12.7. The summed E-state index contributed by atoms with van der Waals surface area (Å²) in [5, 5.41) is 4.07. The van der Waals surface area contributed by atoms with Gasteiger partial charge in [-0.1, -0.05) is 36.4 Å². The number of hydrogen-bond donors (Lipinski definition) is 0. The third-order valence-electron chi connectivity index (χ3n) is 4.00. The Morgan fingerprint density at radius 1 is 1.38 bits per heavy atom. The van der Waals surface area contributed by atoms with Crippen molar-refractivity contribution >= 4 is 5.91 Å². The molecule has 0 spiro atoms. The quantitative estimate of drug-likeness (QED) is 0.808. The zero-order chi connectivity index (χ0) is 16.9. The Labute approximate surface area is 141 Å². The van der Waals surface area contributed by atoms with E-state index in [1.807, 2.05) is 50.3 Å². The van der Waals surface area contributed by atoms with E-state index >= 15 is 0 Å². The second kappa shape index (κ2) is 7.40. The lowest BCUT2D eigenvalue weighted by molar-refractivity contribution is -0.136. The minimum Gasteiger partial charge on any atom is -0.377 e. The number of carbonyl (C=O) groups is 1. The first-order valence-electron chi connectivity index (χ1n) is 8.15. The van der Waals surface area contributed by atoms with Crippen LogP contribution < -0.4 is 0 Å². The van der Waals surface area contributed by atoms with Gasteiger partial charge in [0.1, 0.15) is 6.04 Å². The molecule has 1 amide bonds. The lowest BCUT2D eigenvalue weighted by atomic mass is 10.1. The van der Waals surface area contributed by atoms with Gasteiger partial charge in [-0.2, -0.15) is 4.98 Å². The van der Waals surface area contributed by atoms with Crippen molar-refractivity contribution in [2.75, 3.05) is 19.8 Å². The summed E-state index contributed by atoms with van der Waals surface area (Å²) in [5.41, 5.74) is 1.59. The lowest BCUT2D eigenvalue weighted by Crippen LogP contribution is -2.44. The van der Waals surface area contributed by atoms with E-state index in [1.54, 1.807) is 4.90 Å². The molecule has 1 unspecified atom stereocenters. The highest BCUT2D eigenvalue weighted by Crippen LogP contribution is 2.26. The molecule has 0 aliphatic carbocycles. The SMILES string of the molecule is CCC=C(C)C(=O)N1CCOCC1c1noc(-c2ccccc2)n1. The number of morpholine rings is 1. The fourth-order valence-electron chi connectivity index (χ4n) is 2.75. The van der Waals surface area contributed by atoms with Gasteiger partial charge in [0.05, 0.1) is 13.2 Å². The molecular formula is C18H21N3O3. The van der Waals surface area contributed by atoms with Gasteiger partial charge < -0.3 is 14.2 Å². The van der Waals surface area contributed by atoms with Crippen molar-refractivity contribution < 1.29 is 14.1 Å². The minimum absolute atomic E-state index is 0.00351. The summed E-state index contributed by atoms with van der Waals surface area (Å²) in [6.45, 7) is 5.26. The molecule has 2 heterocycles. The molecule has 1 saturated heterocycles. The monoisotopic (exact) mass is 327 g/mol. The van der Waals surface area contributed by atoms with Crippen molar-refractivity contribution in [3.05, 3.63) is 47.8 Å². The topological polar surface area (TPSA) is 68.5 Å². The zero-order valence-electron chi connectivity index (χ0n) is 13.9. The molecule has 6 heteroatoms. The highest BCUT2D eigenvalue weighted by atomic mass is 16.5. The van der Waals surface area contributed by atoms with Crippen molar-refractivity contribution in [3.8, 4) is 11.5 Å². The van der Waals surface area contributed by atoms with Gasteiger partial charge in [0.15, 0.2) is 5.82 Å². The Hall–Kier alpha value is -2.47. The highest BCUT2D eigenvalue weighted by molar-refractivity contribution is 5.93. The largest absolute Gasteiger partial charge is 0.377 e. The number of ether oxygens (including phenoxy) is 1. The Morgan fingerprint density at radius 2 is 2.17 bits per heavy atom. The molecule has 0 N–H and O–H groups in total. The van der Waals surface area contributed by atoms with Gasteiger partial charge in [0.2, 0.25) is 5.91 Å². The lowest BCUT2D eigenvalue weighted by Gasteiger charge is -2.33. The van der Waals surface area contributed by atoms with Gasteiger partial charge in [0.25, 0.3) is 5.89 Å². The van der Waals surface area contributed by atoms with E-state index in [0.717, 1.165) is 17.6 Å². The van der Waals surface area contributed by atoms with Crippen molar-refractivity contribution in [3.63, 3.8) is 0 Å². The summed E-state index contributed by atoms with van der Waals surface area (Å²) >= 11 is 0. The van der Waals surface area contributed by atoms with E-state index in [-0.39, 0.29) is 11.9 Å². The minimum atomic E-state index is -0.326. The van der Waals surface area contributed by atoms with Crippen molar-refractivity contribution in [2.24, 2.45) is 0 Å². The molecule has 6 nitrogen and oxygen atoms in total. The van der Waals surface area contributed by atoms with E-state index in [9.17, 15) is 4.79 Å². The highest BCUT2D eigenvalue weighted by Gasteiger charge is 2.32. The van der Waals surface area contributed by atoms with Gasteiger partial charge in [-0.25, -0.2) is 0 Å². The van der Waals surface area contributed by atoms with Crippen molar-refractivity contribution in [1.29, 1.82) is 0 Å². The normalized spacial score (nSPS) is 18.7. The first kappa shape index (κ1) is 16.4. The Kier molecular flexibility index (Phi) is 5.05. The maximum atomic E-state index is 12.7. The number of amides is 1. The molecule has 1 fully saturated rings. The number of allylic oxidation sites excluding steroid dienone is 1. The van der Waals surface area contributed by atoms with Crippen LogP contribution in [0, 0.1) is 0 Å². The van der Waals surface area contributed by atoms with Gasteiger partial charge in [-0.3, -0.25) is 4.79 Å². The van der Waals surface area contributed by atoms with Crippen LogP contribution in [0.4, 0.5) is 0 Å². The summed E-state index contributed by atoms with van der Waals surface area (Å²) in [5.74, 6) is 0.923. The van der Waals surface area contributed by atoms with E-state index in [1.165, 1.54) is 0 Å². The van der Waals surface area contributed by atoms with Gasteiger partial charge in [0, 0.05) is 17.7 Å². The molecule has 1 aliphatic rings. The van der Waals surface area contributed by atoms with Crippen LogP contribution in [-0.4, -0.2) is 40.7 Å². The summed E-state index contributed by atoms with van der Waals surface area (Å²) in [6.07, 6.45) is 2.76. The molecule has 2 aromatic rings. The van der Waals surface area contributed by atoms with E-state index in [4.69, 9.17) is 9.26 Å². The first-order valence-corrected chi connectivity index (χ1v) is 8.15. The van der Waals surface area contributed by atoms with Gasteiger partial charge in [-0.15, -0.1) is 0 Å². The Balaban J connectivity index is 1.85. The molecule has 0 saturated carbocycles. The van der Waals surface area contributed by atoms with Crippen LogP contribution in [0.25, 0.3) is 11.5 Å². The molecule has 0 bridgehead atoms. The summed E-state index contributed by atoms with van der Waals surface area (Å²) in [4.78, 5) is 18.9. The molecule has 3 rings (SSSR count). The number of carbonyl (C=O) groups excluding carboxylic acids is 1. The molecule has 0 radical (unpaired) electrons. The van der Waals surface area contributed by atoms with E-state index < -0.39 is 0 Å². The van der Waals surface area contributed by atoms with Crippen LogP contribution in [0.1, 0.15) is 32.1 Å². The number of nitrogens with zero attached hydrogens (tertiary/aromatic N) is 3. The average Bonchev–Trinajstić information content (AvgIpc) is 3.12. The van der Waals surface area contributed by atoms with Crippen LogP contribution >= 0.6 is 0 Å². The molecule has 1 atom stereocenters. The molecule has 1 aromatic carbocycles. The number of aromatic nitrogens is 2. The summed E-state index contributed by atoms with van der Waals surface area (Å²) < 4.78 is 10.9. The van der Waals surface area contributed by atoms with Crippen molar-refractivity contribution in [2.45, 2.75) is 26.3 Å². The predicted molar refractivity (Wildman–Crippen MR) is 89.1 cm³/mol. The molecule has 24 heavy (non-hydrogen) atoms. The average molecular weight is 327 g/mol. The zero-order valence-corrected chi connectivity index (χ0v) is 13.9. The fraction of sp³-hybridized carbons (Fsp3) is 0.389. The van der Waals surface area contributed by atoms with Gasteiger partial charge in [-0.05, 0) is 25.5 Å². The predicted octanol–water partition coefficient (Wildman–Crippen LogP) is 2.99. The third kappa shape index (κ3) is 3.38. The van der Waals surface area contributed by atoms with Crippen LogP contribution in [0.3, 0.4) is 0 Å². The first-order chi connectivity index (χ1) is 11.7. The number of rotatable bonds is 4. The molecule has 1 aliphatic heterocycles.